The van der Waals surface area contributed by atoms with Crippen LogP contribution in [0.4, 0.5) is 18.9 Å². The number of hydrogen-bond acceptors (Lipinski definition) is 6. The van der Waals surface area contributed by atoms with E-state index in [1.54, 1.807) is 11.9 Å². The minimum Gasteiger partial charge on any atom is -0.490 e. The molecule has 3 heterocycles. The molecule has 0 radical (unpaired) electrons. The molecule has 0 aliphatic carbocycles. The molecule has 2 saturated heterocycles. The largest absolute Gasteiger partial charge is 0.490 e. The molecule has 0 unspecified atom stereocenters. The van der Waals surface area contributed by atoms with Crippen molar-refractivity contribution >= 4 is 23.4 Å². The standard InChI is InChI=1S/C30H35F3N4O5/c1-36-24-9-8-22(17-27(38)34-11-14-37-12-2-3-13-37)42-26(24)18-41-25-10-7-21(16-23(25)29(36)40)35-28(39)19-5-4-6-20(15-19)30(31,32)33/h4-7,10,15-16,22,24,26H,2-3,8-9,11-14,17-18H2,1H3,(H,34,38)(H,35,39)/t22-,24-,26+/m0/s1. The van der Waals surface area contributed by atoms with Crippen LogP contribution in [-0.4, -0.2) is 85.6 Å². The van der Waals surface area contributed by atoms with Crippen molar-refractivity contribution in [1.29, 1.82) is 0 Å². The first-order chi connectivity index (χ1) is 20.1. The fraction of sp³-hybridized carbons (Fsp3) is 0.500. The number of nitrogens with one attached hydrogen (secondary N) is 2. The predicted octanol–water partition coefficient (Wildman–Crippen LogP) is 3.94. The van der Waals surface area contributed by atoms with Crippen molar-refractivity contribution in [3.8, 4) is 5.75 Å². The lowest BCUT2D eigenvalue weighted by Gasteiger charge is -2.42. The summed E-state index contributed by atoms with van der Waals surface area (Å²) in [6.07, 6.45) is -1.39. The number of likely N-dealkylation sites (N-methyl/N-ethyl adjacent to an activating group) is 1. The number of alkyl halides is 3. The van der Waals surface area contributed by atoms with Crippen LogP contribution in [0.5, 0.6) is 5.75 Å². The van der Waals surface area contributed by atoms with Gasteiger partial charge in [-0.05, 0) is 75.2 Å². The second kappa shape index (κ2) is 12.7. The Morgan fingerprint density at radius 1 is 1.07 bits per heavy atom. The molecule has 0 saturated carbocycles. The molecule has 3 aliphatic rings. The molecule has 226 valence electrons. The second-order valence-electron chi connectivity index (χ2n) is 11.0. The molecule has 9 nitrogen and oxygen atoms in total. The quantitative estimate of drug-likeness (QED) is 0.509. The van der Waals surface area contributed by atoms with Crippen LogP contribution >= 0.6 is 0 Å². The first kappa shape index (κ1) is 29.8. The Bertz CT molecular complexity index is 1310. The number of nitrogens with zero attached hydrogens (tertiary/aromatic N) is 2. The molecule has 0 aromatic heterocycles. The summed E-state index contributed by atoms with van der Waals surface area (Å²) < 4.78 is 51.4. The van der Waals surface area contributed by atoms with Gasteiger partial charge in [0.25, 0.3) is 11.8 Å². The average molecular weight is 589 g/mol. The third kappa shape index (κ3) is 7.04. The van der Waals surface area contributed by atoms with Crippen LogP contribution < -0.4 is 15.4 Å². The second-order valence-corrected chi connectivity index (χ2v) is 11.0. The van der Waals surface area contributed by atoms with Gasteiger partial charge in [-0.15, -0.1) is 0 Å². The molecule has 2 fully saturated rings. The lowest BCUT2D eigenvalue weighted by Crippen LogP contribution is -2.54. The highest BCUT2D eigenvalue weighted by Gasteiger charge is 2.39. The number of likely N-dealkylation sites (tertiary alicyclic amines) is 1. The molecule has 0 bridgehead atoms. The van der Waals surface area contributed by atoms with Gasteiger partial charge in [-0.2, -0.15) is 13.2 Å². The van der Waals surface area contributed by atoms with Gasteiger partial charge < -0.3 is 29.9 Å². The highest BCUT2D eigenvalue weighted by atomic mass is 19.4. The summed E-state index contributed by atoms with van der Waals surface area (Å²) in [5, 5.41) is 5.55. The maximum Gasteiger partial charge on any atom is 0.416 e. The number of hydrogen-bond donors (Lipinski definition) is 2. The van der Waals surface area contributed by atoms with Crippen LogP contribution in [0.25, 0.3) is 0 Å². The Balaban J connectivity index is 1.20. The minimum atomic E-state index is -4.58. The van der Waals surface area contributed by atoms with E-state index in [1.165, 1.54) is 43.2 Å². The monoisotopic (exact) mass is 588 g/mol. The van der Waals surface area contributed by atoms with Crippen LogP contribution in [0.2, 0.25) is 0 Å². The van der Waals surface area contributed by atoms with E-state index in [0.717, 1.165) is 31.8 Å². The fourth-order valence-electron chi connectivity index (χ4n) is 5.78. The number of amides is 3. The van der Waals surface area contributed by atoms with Crippen molar-refractivity contribution in [2.45, 2.75) is 56.5 Å². The molecular formula is C30H35F3N4O5. The van der Waals surface area contributed by atoms with Crippen molar-refractivity contribution in [3.63, 3.8) is 0 Å². The first-order valence-corrected chi connectivity index (χ1v) is 14.3. The van der Waals surface area contributed by atoms with E-state index in [9.17, 15) is 27.6 Å². The van der Waals surface area contributed by atoms with E-state index >= 15 is 0 Å². The molecule has 12 heteroatoms. The van der Waals surface area contributed by atoms with Crippen LogP contribution in [0.3, 0.4) is 0 Å². The van der Waals surface area contributed by atoms with Crippen molar-refractivity contribution in [2.75, 3.05) is 45.2 Å². The minimum absolute atomic E-state index is 0.0566. The zero-order valence-electron chi connectivity index (χ0n) is 23.4. The molecule has 3 aliphatic heterocycles. The summed E-state index contributed by atoms with van der Waals surface area (Å²) in [6.45, 7) is 3.78. The van der Waals surface area contributed by atoms with Gasteiger partial charge in [0.2, 0.25) is 5.91 Å². The Kier molecular flexibility index (Phi) is 9.02. The van der Waals surface area contributed by atoms with Crippen LogP contribution in [0.15, 0.2) is 42.5 Å². The van der Waals surface area contributed by atoms with Gasteiger partial charge in [-0.25, -0.2) is 0 Å². The smallest absolute Gasteiger partial charge is 0.416 e. The highest BCUT2D eigenvalue weighted by Crippen LogP contribution is 2.33. The maximum absolute atomic E-state index is 13.5. The van der Waals surface area contributed by atoms with Gasteiger partial charge in [-0.1, -0.05) is 6.07 Å². The summed E-state index contributed by atoms with van der Waals surface area (Å²) in [6, 6.07) is 8.37. The lowest BCUT2D eigenvalue weighted by atomic mass is 9.94. The average Bonchev–Trinajstić information content (AvgIpc) is 3.48. The Hall–Kier alpha value is -3.64. The maximum atomic E-state index is 13.5. The Morgan fingerprint density at radius 3 is 2.62 bits per heavy atom. The number of fused-ring (bicyclic) bond motifs is 2. The molecule has 3 atom stereocenters. The zero-order valence-corrected chi connectivity index (χ0v) is 23.4. The fourth-order valence-corrected chi connectivity index (χ4v) is 5.78. The molecule has 0 spiro atoms. The van der Waals surface area contributed by atoms with Gasteiger partial charge in [0.1, 0.15) is 18.5 Å². The SMILES string of the molecule is CN1C(=O)c2cc(NC(=O)c3cccc(C(F)(F)F)c3)ccc2OC[C@H]2O[C@H](CC(=O)NCCN3CCCC3)CC[C@@H]21. The summed E-state index contributed by atoms with van der Waals surface area (Å²) in [5.41, 5.74) is -0.622. The number of rotatable bonds is 7. The van der Waals surface area contributed by atoms with Gasteiger partial charge in [-0.3, -0.25) is 14.4 Å². The third-order valence-electron chi connectivity index (χ3n) is 8.08. The van der Waals surface area contributed by atoms with Gasteiger partial charge >= 0.3 is 6.18 Å². The normalized spacial score (nSPS) is 22.8. The third-order valence-corrected chi connectivity index (χ3v) is 8.08. The summed E-state index contributed by atoms with van der Waals surface area (Å²) in [7, 11) is 1.68. The Morgan fingerprint density at radius 2 is 1.86 bits per heavy atom. The number of ether oxygens (including phenoxy) is 2. The molecule has 2 aromatic carbocycles. The van der Waals surface area contributed by atoms with E-state index in [4.69, 9.17) is 9.47 Å². The molecule has 2 aromatic rings. The topological polar surface area (TPSA) is 100 Å². The summed E-state index contributed by atoms with van der Waals surface area (Å²) >= 11 is 0. The number of benzene rings is 2. The van der Waals surface area contributed by atoms with E-state index in [1.807, 2.05) is 0 Å². The molecule has 5 rings (SSSR count). The van der Waals surface area contributed by atoms with Gasteiger partial charge in [0.15, 0.2) is 0 Å². The zero-order chi connectivity index (χ0) is 29.9. The van der Waals surface area contributed by atoms with E-state index in [0.29, 0.717) is 25.1 Å². The number of carbonyl (C=O) groups excluding carboxylic acids is 3. The first-order valence-electron chi connectivity index (χ1n) is 14.3. The molecular weight excluding hydrogens is 553 g/mol. The number of anilines is 1. The molecule has 42 heavy (non-hydrogen) atoms. The van der Waals surface area contributed by atoms with Gasteiger partial charge in [0.05, 0.1) is 29.7 Å². The van der Waals surface area contributed by atoms with Crippen molar-refractivity contribution < 1.29 is 37.0 Å². The van der Waals surface area contributed by atoms with Crippen molar-refractivity contribution in [3.05, 3.63) is 59.2 Å². The van der Waals surface area contributed by atoms with Crippen molar-refractivity contribution in [1.82, 2.24) is 15.1 Å². The van der Waals surface area contributed by atoms with Gasteiger partial charge in [0, 0.05) is 31.4 Å². The van der Waals surface area contributed by atoms with Crippen LogP contribution in [0, 0.1) is 0 Å². The lowest BCUT2D eigenvalue weighted by molar-refractivity contribution is -0.137. The summed E-state index contributed by atoms with van der Waals surface area (Å²) in [4.78, 5) is 42.6. The number of carbonyl (C=O) groups is 3. The number of halogens is 3. The molecule has 2 N–H and O–H groups in total. The summed E-state index contributed by atoms with van der Waals surface area (Å²) in [5.74, 6) is -0.830. The van der Waals surface area contributed by atoms with E-state index < -0.39 is 23.8 Å². The van der Waals surface area contributed by atoms with E-state index in [-0.39, 0.29) is 53.8 Å². The van der Waals surface area contributed by atoms with Crippen molar-refractivity contribution in [2.24, 2.45) is 0 Å². The Labute approximate surface area is 242 Å². The van der Waals surface area contributed by atoms with E-state index in [2.05, 4.69) is 15.5 Å². The van der Waals surface area contributed by atoms with Crippen LogP contribution in [-0.2, 0) is 15.7 Å². The predicted molar refractivity (Wildman–Crippen MR) is 148 cm³/mol. The highest BCUT2D eigenvalue weighted by molar-refractivity contribution is 6.05. The molecule has 3 amide bonds. The van der Waals surface area contributed by atoms with Crippen LogP contribution in [0.1, 0.15) is 58.4 Å².